The number of carbonyl (C=O) groups excluding carboxylic acids is 2. The number of benzene rings is 1. The second-order valence-electron chi connectivity index (χ2n) is 5.98. The van der Waals surface area contributed by atoms with E-state index >= 15 is 0 Å². The van der Waals surface area contributed by atoms with E-state index in [1.165, 1.54) is 24.0 Å². The molecular formula is C16H21FN2O4S. The maximum Gasteiger partial charge on any atom is 0.222 e. The maximum atomic E-state index is 12.9. The van der Waals surface area contributed by atoms with Crippen molar-refractivity contribution in [3.63, 3.8) is 0 Å². The van der Waals surface area contributed by atoms with Gasteiger partial charge in [0.25, 0.3) is 0 Å². The molecule has 8 heteroatoms. The molecule has 1 saturated heterocycles. The number of sulfone groups is 1. The molecule has 0 radical (unpaired) electrons. The molecule has 0 aliphatic carbocycles. The molecule has 2 rings (SSSR count). The maximum absolute atomic E-state index is 12.9. The van der Waals surface area contributed by atoms with Crippen LogP contribution in [-0.4, -0.2) is 49.2 Å². The number of rotatable bonds is 6. The average molecular weight is 356 g/mol. The van der Waals surface area contributed by atoms with Crippen LogP contribution in [0.25, 0.3) is 0 Å². The molecule has 0 bridgehead atoms. The van der Waals surface area contributed by atoms with Crippen LogP contribution in [0, 0.1) is 5.82 Å². The van der Waals surface area contributed by atoms with Crippen LogP contribution >= 0.6 is 0 Å². The van der Waals surface area contributed by atoms with Crippen molar-refractivity contribution < 1.29 is 22.4 Å². The van der Waals surface area contributed by atoms with Crippen molar-refractivity contribution in [1.82, 2.24) is 10.2 Å². The predicted octanol–water partition coefficient (Wildman–Crippen LogP) is 0.868. The third-order valence-electron chi connectivity index (χ3n) is 3.94. The summed E-state index contributed by atoms with van der Waals surface area (Å²) in [5, 5.41) is 2.69. The normalized spacial score (nSPS) is 19.0. The molecule has 6 nitrogen and oxygen atoms in total. The van der Waals surface area contributed by atoms with Gasteiger partial charge < -0.3 is 10.2 Å². The van der Waals surface area contributed by atoms with Crippen molar-refractivity contribution in [2.45, 2.75) is 32.4 Å². The molecular weight excluding hydrogens is 335 g/mol. The number of halogens is 1. The molecule has 132 valence electrons. The van der Waals surface area contributed by atoms with Crippen LogP contribution in [0.1, 0.15) is 25.3 Å². The van der Waals surface area contributed by atoms with Gasteiger partial charge in [-0.05, 0) is 24.1 Å². The third-order valence-corrected chi connectivity index (χ3v) is 5.71. The van der Waals surface area contributed by atoms with Gasteiger partial charge in [0, 0.05) is 32.5 Å². The number of carbonyl (C=O) groups is 2. The van der Waals surface area contributed by atoms with Gasteiger partial charge in [-0.25, -0.2) is 12.8 Å². The van der Waals surface area contributed by atoms with Gasteiger partial charge in [-0.2, -0.15) is 0 Å². The van der Waals surface area contributed by atoms with Crippen molar-refractivity contribution in [3.8, 4) is 0 Å². The van der Waals surface area contributed by atoms with Crippen LogP contribution in [0.4, 0.5) is 4.39 Å². The van der Waals surface area contributed by atoms with Crippen molar-refractivity contribution in [1.29, 1.82) is 0 Å². The molecule has 2 amide bonds. The van der Waals surface area contributed by atoms with Crippen molar-refractivity contribution in [2.24, 2.45) is 0 Å². The fourth-order valence-electron chi connectivity index (χ4n) is 2.60. The summed E-state index contributed by atoms with van der Waals surface area (Å²) in [4.78, 5) is 25.1. The lowest BCUT2D eigenvalue weighted by atomic mass is 10.2. The van der Waals surface area contributed by atoms with E-state index in [0.29, 0.717) is 13.0 Å². The molecule has 1 aromatic carbocycles. The molecule has 1 atom stereocenters. The summed E-state index contributed by atoms with van der Waals surface area (Å²) in [5.74, 6) is -0.732. The van der Waals surface area contributed by atoms with E-state index < -0.39 is 9.84 Å². The third kappa shape index (κ3) is 5.59. The van der Waals surface area contributed by atoms with Gasteiger partial charge >= 0.3 is 0 Å². The van der Waals surface area contributed by atoms with E-state index in [2.05, 4.69) is 5.32 Å². The lowest BCUT2D eigenvalue weighted by Crippen LogP contribution is -2.38. The van der Waals surface area contributed by atoms with Crippen LogP contribution in [0.5, 0.6) is 0 Å². The number of nitrogens with zero attached hydrogens (tertiary/aromatic N) is 1. The van der Waals surface area contributed by atoms with Crippen LogP contribution in [0.3, 0.4) is 0 Å². The minimum atomic E-state index is -3.04. The molecule has 1 fully saturated rings. The monoisotopic (exact) mass is 356 g/mol. The van der Waals surface area contributed by atoms with Gasteiger partial charge in [0.2, 0.25) is 11.8 Å². The first-order valence-electron chi connectivity index (χ1n) is 7.75. The van der Waals surface area contributed by atoms with E-state index in [9.17, 15) is 22.4 Å². The molecule has 0 aromatic heterocycles. The zero-order valence-electron chi connectivity index (χ0n) is 13.5. The summed E-state index contributed by atoms with van der Waals surface area (Å²) >= 11 is 0. The van der Waals surface area contributed by atoms with E-state index in [1.807, 2.05) is 0 Å². The van der Waals surface area contributed by atoms with Gasteiger partial charge in [0.15, 0.2) is 9.84 Å². The van der Waals surface area contributed by atoms with Crippen LogP contribution in [0.2, 0.25) is 0 Å². The summed E-state index contributed by atoms with van der Waals surface area (Å²) in [6, 6.07) is 5.48. The number of hydrogen-bond donors (Lipinski definition) is 1. The highest BCUT2D eigenvalue weighted by molar-refractivity contribution is 7.91. The summed E-state index contributed by atoms with van der Waals surface area (Å²) in [6.45, 7) is 1.92. The zero-order chi connectivity index (χ0) is 17.7. The topological polar surface area (TPSA) is 83.6 Å². The largest absolute Gasteiger partial charge is 0.352 e. The SMILES string of the molecule is CC(=O)N(CCC(=O)NC1CCS(=O)(=O)C1)Cc1ccc(F)cc1. The van der Waals surface area contributed by atoms with E-state index in [0.717, 1.165) is 5.56 Å². The number of nitrogens with one attached hydrogen (secondary N) is 1. The van der Waals surface area contributed by atoms with Crippen molar-refractivity contribution >= 4 is 21.7 Å². The second-order valence-corrected chi connectivity index (χ2v) is 8.21. The minimum Gasteiger partial charge on any atom is -0.352 e. The fraction of sp³-hybridized carbons (Fsp3) is 0.500. The van der Waals surface area contributed by atoms with Gasteiger partial charge in [-0.3, -0.25) is 9.59 Å². The Balaban J connectivity index is 1.83. The Morgan fingerprint density at radius 2 is 1.96 bits per heavy atom. The smallest absolute Gasteiger partial charge is 0.222 e. The highest BCUT2D eigenvalue weighted by atomic mass is 32.2. The first kappa shape index (κ1) is 18.4. The van der Waals surface area contributed by atoms with E-state index in [4.69, 9.17) is 0 Å². The molecule has 1 heterocycles. The Labute approximate surface area is 140 Å². The molecule has 1 aromatic rings. The van der Waals surface area contributed by atoms with Gasteiger partial charge in [0.1, 0.15) is 5.82 Å². The molecule has 1 aliphatic heterocycles. The number of hydrogen-bond acceptors (Lipinski definition) is 4. The Hall–Kier alpha value is -1.96. The summed E-state index contributed by atoms with van der Waals surface area (Å²) in [5.41, 5.74) is 0.772. The predicted molar refractivity (Wildman–Crippen MR) is 87.3 cm³/mol. The van der Waals surface area contributed by atoms with Crippen LogP contribution < -0.4 is 5.32 Å². The van der Waals surface area contributed by atoms with Crippen molar-refractivity contribution in [2.75, 3.05) is 18.1 Å². The first-order chi connectivity index (χ1) is 11.2. The zero-order valence-corrected chi connectivity index (χ0v) is 14.3. The summed E-state index contributed by atoms with van der Waals surface area (Å²) in [6.07, 6.45) is 0.525. The molecule has 0 saturated carbocycles. The Morgan fingerprint density at radius 1 is 1.29 bits per heavy atom. The number of amides is 2. The molecule has 1 unspecified atom stereocenters. The van der Waals surface area contributed by atoms with Crippen molar-refractivity contribution in [3.05, 3.63) is 35.6 Å². The van der Waals surface area contributed by atoms with Crippen LogP contribution in [-0.2, 0) is 26.0 Å². The van der Waals surface area contributed by atoms with E-state index in [1.54, 1.807) is 12.1 Å². The lowest BCUT2D eigenvalue weighted by molar-refractivity contribution is -0.130. The highest BCUT2D eigenvalue weighted by Crippen LogP contribution is 2.12. The lowest BCUT2D eigenvalue weighted by Gasteiger charge is -2.21. The van der Waals surface area contributed by atoms with Gasteiger partial charge in [-0.1, -0.05) is 12.1 Å². The Kier molecular flexibility index (Phi) is 5.93. The summed E-state index contributed by atoms with van der Waals surface area (Å²) in [7, 11) is -3.04. The highest BCUT2D eigenvalue weighted by Gasteiger charge is 2.28. The Morgan fingerprint density at radius 3 is 2.50 bits per heavy atom. The summed E-state index contributed by atoms with van der Waals surface area (Å²) < 4.78 is 35.7. The van der Waals surface area contributed by atoms with Crippen LogP contribution in [0.15, 0.2) is 24.3 Å². The quantitative estimate of drug-likeness (QED) is 0.820. The second kappa shape index (κ2) is 7.74. The first-order valence-corrected chi connectivity index (χ1v) is 9.57. The van der Waals surface area contributed by atoms with Gasteiger partial charge in [-0.15, -0.1) is 0 Å². The van der Waals surface area contributed by atoms with Gasteiger partial charge in [0.05, 0.1) is 11.5 Å². The fourth-order valence-corrected chi connectivity index (χ4v) is 4.28. The molecule has 1 aliphatic rings. The standard InChI is InChI=1S/C16H21FN2O4S/c1-12(20)19(10-13-2-4-14(17)5-3-13)8-6-16(21)18-15-7-9-24(22,23)11-15/h2-5,15H,6-11H2,1H3,(H,18,21). The average Bonchev–Trinajstić information content (AvgIpc) is 2.84. The van der Waals surface area contributed by atoms with E-state index in [-0.39, 0.29) is 48.1 Å². The Bertz CT molecular complexity index is 703. The molecule has 0 spiro atoms. The molecule has 1 N–H and O–H groups in total. The minimum absolute atomic E-state index is 0.0231. The molecule has 24 heavy (non-hydrogen) atoms.